The number of rotatable bonds is 5. The first-order valence-corrected chi connectivity index (χ1v) is 5.43. The third-order valence-corrected chi connectivity index (χ3v) is 2.87. The van der Waals surface area contributed by atoms with E-state index in [1.54, 1.807) is 0 Å². The molecule has 0 bridgehead atoms. The summed E-state index contributed by atoms with van der Waals surface area (Å²) >= 11 is 1.27. The maximum atomic E-state index is 11.6. The van der Waals surface area contributed by atoms with Crippen LogP contribution in [0.4, 0.5) is 5.13 Å². The number of thiazole rings is 1. The standard InChI is InChI=1S/C9H15N3OS/c1-3-11-5-4-7(13)8-6(2)12-9(10)14-8/h11H,3-5H2,1-2H3,(H2,10,12). The Labute approximate surface area is 87.5 Å². The molecule has 14 heavy (non-hydrogen) atoms. The third-order valence-electron chi connectivity index (χ3n) is 1.85. The molecule has 0 aromatic carbocycles. The fourth-order valence-corrected chi connectivity index (χ4v) is 1.97. The fraction of sp³-hybridized carbons (Fsp3) is 0.556. The summed E-state index contributed by atoms with van der Waals surface area (Å²) in [7, 11) is 0. The van der Waals surface area contributed by atoms with Crippen LogP contribution in [0.2, 0.25) is 0 Å². The van der Waals surface area contributed by atoms with Gasteiger partial charge < -0.3 is 11.1 Å². The molecule has 0 unspecified atom stereocenters. The molecule has 0 saturated carbocycles. The van der Waals surface area contributed by atoms with E-state index in [4.69, 9.17) is 5.73 Å². The summed E-state index contributed by atoms with van der Waals surface area (Å²) in [6.45, 7) is 5.43. The normalized spacial score (nSPS) is 10.4. The first-order chi connectivity index (χ1) is 6.65. The van der Waals surface area contributed by atoms with Gasteiger partial charge in [0.05, 0.1) is 10.6 Å². The molecule has 0 aliphatic heterocycles. The number of carbonyl (C=O) groups excluding carboxylic acids is 1. The monoisotopic (exact) mass is 213 g/mol. The number of carbonyl (C=O) groups is 1. The topological polar surface area (TPSA) is 68.0 Å². The molecule has 3 N–H and O–H groups in total. The zero-order valence-corrected chi connectivity index (χ0v) is 9.28. The van der Waals surface area contributed by atoms with Gasteiger partial charge in [0, 0.05) is 13.0 Å². The number of ketones is 1. The maximum Gasteiger partial charge on any atom is 0.180 e. The third kappa shape index (κ3) is 2.78. The molecule has 1 aromatic rings. The van der Waals surface area contributed by atoms with Crippen molar-refractivity contribution < 1.29 is 4.79 Å². The van der Waals surface area contributed by atoms with Gasteiger partial charge in [0.25, 0.3) is 0 Å². The Morgan fingerprint density at radius 2 is 2.36 bits per heavy atom. The van der Waals surface area contributed by atoms with E-state index in [9.17, 15) is 4.79 Å². The number of hydrogen-bond acceptors (Lipinski definition) is 5. The average Bonchev–Trinajstić information content (AvgIpc) is 2.45. The minimum absolute atomic E-state index is 0.123. The molecular formula is C9H15N3OS. The Morgan fingerprint density at radius 1 is 1.64 bits per heavy atom. The molecule has 1 heterocycles. The van der Waals surface area contributed by atoms with Crippen molar-refractivity contribution >= 4 is 22.3 Å². The molecule has 0 spiro atoms. The van der Waals surface area contributed by atoms with E-state index < -0.39 is 0 Å². The summed E-state index contributed by atoms with van der Waals surface area (Å²) in [5.74, 6) is 0.123. The number of anilines is 1. The van der Waals surface area contributed by atoms with Crippen LogP contribution >= 0.6 is 11.3 Å². The lowest BCUT2D eigenvalue weighted by Crippen LogP contribution is -2.17. The number of nitrogen functional groups attached to an aromatic ring is 1. The highest BCUT2D eigenvalue weighted by molar-refractivity contribution is 7.17. The number of nitrogens with two attached hydrogens (primary N) is 1. The van der Waals surface area contributed by atoms with Gasteiger partial charge >= 0.3 is 0 Å². The summed E-state index contributed by atoms with van der Waals surface area (Å²) in [5.41, 5.74) is 6.26. The molecule has 1 aromatic heterocycles. The molecule has 78 valence electrons. The molecule has 1 rings (SSSR count). The molecule has 0 aliphatic carbocycles. The zero-order chi connectivity index (χ0) is 10.6. The van der Waals surface area contributed by atoms with Gasteiger partial charge in [-0.05, 0) is 13.5 Å². The van der Waals surface area contributed by atoms with E-state index in [1.165, 1.54) is 11.3 Å². The van der Waals surface area contributed by atoms with Crippen LogP contribution in [0.1, 0.15) is 28.7 Å². The Balaban J connectivity index is 2.56. The predicted molar refractivity (Wildman–Crippen MR) is 58.8 cm³/mol. The molecular weight excluding hydrogens is 198 g/mol. The smallest absolute Gasteiger partial charge is 0.180 e. The molecule has 0 radical (unpaired) electrons. The van der Waals surface area contributed by atoms with E-state index in [2.05, 4.69) is 10.3 Å². The molecule has 4 nitrogen and oxygen atoms in total. The number of aromatic nitrogens is 1. The van der Waals surface area contributed by atoms with Gasteiger partial charge in [-0.15, -0.1) is 0 Å². The van der Waals surface area contributed by atoms with Crippen molar-refractivity contribution in [2.45, 2.75) is 20.3 Å². The van der Waals surface area contributed by atoms with E-state index >= 15 is 0 Å². The Morgan fingerprint density at radius 3 is 2.86 bits per heavy atom. The van der Waals surface area contributed by atoms with E-state index in [0.29, 0.717) is 23.0 Å². The minimum Gasteiger partial charge on any atom is -0.375 e. The van der Waals surface area contributed by atoms with Crippen LogP contribution in [0.5, 0.6) is 0 Å². The molecule has 5 heteroatoms. The largest absolute Gasteiger partial charge is 0.375 e. The average molecular weight is 213 g/mol. The number of nitrogens with one attached hydrogen (secondary N) is 1. The lowest BCUT2D eigenvalue weighted by molar-refractivity contribution is 0.0986. The summed E-state index contributed by atoms with van der Waals surface area (Å²) in [6.07, 6.45) is 0.510. The van der Waals surface area contributed by atoms with Crippen LogP contribution in [-0.2, 0) is 0 Å². The van der Waals surface area contributed by atoms with Crippen LogP contribution in [0, 0.1) is 6.92 Å². The van der Waals surface area contributed by atoms with Crippen LogP contribution in [0.3, 0.4) is 0 Å². The molecule has 0 fully saturated rings. The van der Waals surface area contributed by atoms with E-state index in [-0.39, 0.29) is 5.78 Å². The summed E-state index contributed by atoms with van der Waals surface area (Å²) in [4.78, 5) is 16.3. The summed E-state index contributed by atoms with van der Waals surface area (Å²) in [6, 6.07) is 0. The lowest BCUT2D eigenvalue weighted by Gasteiger charge is -1.99. The fourth-order valence-electron chi connectivity index (χ4n) is 1.17. The summed E-state index contributed by atoms with van der Waals surface area (Å²) in [5, 5.41) is 3.57. The van der Waals surface area contributed by atoms with Gasteiger partial charge in [0.2, 0.25) is 0 Å². The lowest BCUT2D eigenvalue weighted by atomic mass is 10.2. The van der Waals surface area contributed by atoms with E-state index in [1.807, 2.05) is 13.8 Å². The SMILES string of the molecule is CCNCCC(=O)c1sc(N)nc1C. The highest BCUT2D eigenvalue weighted by Crippen LogP contribution is 2.20. The second kappa shape index (κ2) is 5.07. The quantitative estimate of drug-likeness (QED) is 0.570. The Hall–Kier alpha value is -0.940. The van der Waals surface area contributed by atoms with Gasteiger partial charge in [0.15, 0.2) is 10.9 Å². The molecule has 0 atom stereocenters. The van der Waals surface area contributed by atoms with Gasteiger partial charge in [-0.25, -0.2) is 4.98 Å². The van der Waals surface area contributed by atoms with Crippen molar-refractivity contribution in [1.29, 1.82) is 0 Å². The first kappa shape index (κ1) is 11.1. The van der Waals surface area contributed by atoms with Crippen molar-refractivity contribution in [3.05, 3.63) is 10.6 Å². The number of hydrogen-bond donors (Lipinski definition) is 2. The summed E-state index contributed by atoms with van der Waals surface area (Å²) < 4.78 is 0. The van der Waals surface area contributed by atoms with Gasteiger partial charge in [-0.3, -0.25) is 4.79 Å². The van der Waals surface area contributed by atoms with Gasteiger partial charge in [-0.2, -0.15) is 0 Å². The number of Topliss-reactive ketones (excluding diaryl/α,β-unsaturated/α-hetero) is 1. The van der Waals surface area contributed by atoms with Crippen molar-refractivity contribution in [2.75, 3.05) is 18.8 Å². The second-order valence-electron chi connectivity index (χ2n) is 2.99. The maximum absolute atomic E-state index is 11.6. The molecule has 0 aliphatic rings. The zero-order valence-electron chi connectivity index (χ0n) is 8.46. The van der Waals surface area contributed by atoms with Crippen LogP contribution in [-0.4, -0.2) is 23.9 Å². The molecule has 0 amide bonds. The number of nitrogens with zero attached hydrogens (tertiary/aromatic N) is 1. The van der Waals surface area contributed by atoms with E-state index in [0.717, 1.165) is 12.2 Å². The Bertz CT molecular complexity index is 322. The van der Waals surface area contributed by atoms with Crippen molar-refractivity contribution in [3.8, 4) is 0 Å². The highest BCUT2D eigenvalue weighted by atomic mass is 32.1. The van der Waals surface area contributed by atoms with Gasteiger partial charge in [0.1, 0.15) is 0 Å². The first-order valence-electron chi connectivity index (χ1n) is 4.62. The minimum atomic E-state index is 0.123. The van der Waals surface area contributed by atoms with Crippen molar-refractivity contribution in [1.82, 2.24) is 10.3 Å². The molecule has 0 saturated heterocycles. The Kier molecular flexibility index (Phi) is 4.03. The van der Waals surface area contributed by atoms with Crippen molar-refractivity contribution in [2.24, 2.45) is 0 Å². The highest BCUT2D eigenvalue weighted by Gasteiger charge is 2.13. The van der Waals surface area contributed by atoms with Crippen LogP contribution < -0.4 is 11.1 Å². The van der Waals surface area contributed by atoms with Crippen LogP contribution in [0.15, 0.2) is 0 Å². The predicted octanol–water partition coefficient (Wildman–Crippen LogP) is 1.22. The van der Waals surface area contributed by atoms with Gasteiger partial charge in [-0.1, -0.05) is 18.3 Å². The second-order valence-corrected chi connectivity index (χ2v) is 4.02. The number of aryl methyl sites for hydroxylation is 1. The van der Waals surface area contributed by atoms with Crippen molar-refractivity contribution in [3.63, 3.8) is 0 Å². The van der Waals surface area contributed by atoms with Crippen LogP contribution in [0.25, 0.3) is 0 Å².